The predicted octanol–water partition coefficient (Wildman–Crippen LogP) is 2.24. The van der Waals surface area contributed by atoms with Gasteiger partial charge in [0.05, 0.1) is 0 Å². The van der Waals surface area contributed by atoms with Gasteiger partial charge in [0.1, 0.15) is 0 Å². The standard InChI is InChI=1S/C4H9.HI.Zn/c1-3-4-2;;/h1,3-4H2,2H3;1H;/q-1;;. The molecule has 0 aliphatic rings. The van der Waals surface area contributed by atoms with Crippen LogP contribution in [0.1, 0.15) is 19.8 Å². The largest absolute Gasteiger partial charge is 0.343 e. The molecule has 0 aromatic rings. The summed E-state index contributed by atoms with van der Waals surface area (Å²) in [6, 6.07) is 0. The van der Waals surface area contributed by atoms with E-state index >= 15 is 0 Å². The van der Waals surface area contributed by atoms with Crippen molar-refractivity contribution in [3.8, 4) is 0 Å². The summed E-state index contributed by atoms with van der Waals surface area (Å²) in [4.78, 5) is 0. The Balaban J connectivity index is -0.0000000450. The average molecular weight is 250 g/mol. The van der Waals surface area contributed by atoms with Crippen LogP contribution in [-0.2, 0) is 19.5 Å². The average Bonchev–Trinajstić information content (AvgIpc) is 1.37. The van der Waals surface area contributed by atoms with E-state index < -0.39 is 0 Å². The van der Waals surface area contributed by atoms with E-state index in [2.05, 4.69) is 13.8 Å². The van der Waals surface area contributed by atoms with Gasteiger partial charge in [-0.25, -0.2) is 0 Å². The molecular formula is C4H10IZn-. The zero-order chi connectivity index (χ0) is 3.41. The summed E-state index contributed by atoms with van der Waals surface area (Å²) in [5, 5.41) is 0. The second-order valence-corrected chi connectivity index (χ2v) is 0.854. The van der Waals surface area contributed by atoms with Crippen LogP contribution in [0, 0.1) is 6.92 Å². The van der Waals surface area contributed by atoms with Gasteiger partial charge in [-0.2, -0.15) is 6.42 Å². The van der Waals surface area contributed by atoms with E-state index in [-0.39, 0.29) is 43.5 Å². The first kappa shape index (κ1) is 15.7. The molecule has 0 aromatic heterocycles. The van der Waals surface area contributed by atoms with Crippen molar-refractivity contribution in [2.24, 2.45) is 0 Å². The molecule has 0 bridgehead atoms. The molecule has 0 aliphatic carbocycles. The molecule has 6 heavy (non-hydrogen) atoms. The molecule has 0 saturated carbocycles. The Morgan fingerprint density at radius 1 is 1.50 bits per heavy atom. The third kappa shape index (κ3) is 18.3. The molecule has 0 amide bonds. The van der Waals surface area contributed by atoms with Crippen molar-refractivity contribution in [3.05, 3.63) is 6.92 Å². The second kappa shape index (κ2) is 16.2. The van der Waals surface area contributed by atoms with Crippen LogP contribution in [0.4, 0.5) is 0 Å². The van der Waals surface area contributed by atoms with E-state index in [4.69, 9.17) is 0 Å². The van der Waals surface area contributed by atoms with E-state index in [9.17, 15) is 0 Å². The van der Waals surface area contributed by atoms with E-state index in [0.717, 1.165) is 6.42 Å². The minimum atomic E-state index is 0. The molecular weight excluding hydrogens is 240 g/mol. The first-order chi connectivity index (χ1) is 1.91. The molecule has 0 aromatic carbocycles. The van der Waals surface area contributed by atoms with Crippen LogP contribution >= 0.6 is 24.0 Å². The van der Waals surface area contributed by atoms with Crippen LogP contribution in [-0.4, -0.2) is 0 Å². The van der Waals surface area contributed by atoms with Crippen molar-refractivity contribution in [3.63, 3.8) is 0 Å². The fourth-order valence-corrected chi connectivity index (χ4v) is 0. The number of hydrogen-bond acceptors (Lipinski definition) is 0. The summed E-state index contributed by atoms with van der Waals surface area (Å²) in [5.41, 5.74) is 0. The van der Waals surface area contributed by atoms with E-state index in [0.29, 0.717) is 0 Å². The molecule has 0 spiro atoms. The van der Waals surface area contributed by atoms with E-state index in [1.807, 2.05) is 0 Å². The van der Waals surface area contributed by atoms with Crippen molar-refractivity contribution in [1.29, 1.82) is 0 Å². The van der Waals surface area contributed by atoms with E-state index in [1.54, 1.807) is 0 Å². The smallest absolute Gasteiger partial charge is 0 e. The minimum absolute atomic E-state index is 0. The fourth-order valence-electron chi connectivity index (χ4n) is 0. The Kier molecular flexibility index (Phi) is 42.3. The van der Waals surface area contributed by atoms with Gasteiger partial charge in [-0.3, -0.25) is 0 Å². The third-order valence-electron chi connectivity index (χ3n) is 0.354. The molecule has 0 heterocycles. The Morgan fingerprint density at radius 2 is 1.67 bits per heavy atom. The van der Waals surface area contributed by atoms with Gasteiger partial charge in [-0.05, 0) is 0 Å². The first-order valence-corrected chi connectivity index (χ1v) is 1.71. The maximum Gasteiger partial charge on any atom is 0 e. The van der Waals surface area contributed by atoms with Crippen molar-refractivity contribution in [1.82, 2.24) is 0 Å². The topological polar surface area (TPSA) is 0 Å². The van der Waals surface area contributed by atoms with Crippen LogP contribution in [0.2, 0.25) is 0 Å². The van der Waals surface area contributed by atoms with Crippen LogP contribution in [0.25, 0.3) is 0 Å². The van der Waals surface area contributed by atoms with Gasteiger partial charge < -0.3 is 6.92 Å². The molecule has 0 rings (SSSR count). The van der Waals surface area contributed by atoms with Gasteiger partial charge in [0.15, 0.2) is 0 Å². The molecule has 2 heteroatoms. The molecule has 0 unspecified atom stereocenters. The quantitative estimate of drug-likeness (QED) is 0.380. The molecule has 0 nitrogen and oxygen atoms in total. The number of unbranched alkanes of at least 4 members (excludes halogenated alkanes) is 1. The van der Waals surface area contributed by atoms with E-state index in [1.165, 1.54) is 6.42 Å². The van der Waals surface area contributed by atoms with Gasteiger partial charge in [0.2, 0.25) is 0 Å². The summed E-state index contributed by atoms with van der Waals surface area (Å²) in [6.07, 6.45) is 2.28. The molecule has 36 valence electrons. The molecule has 0 N–H and O–H groups in total. The normalized spacial score (nSPS) is 5.00. The summed E-state index contributed by atoms with van der Waals surface area (Å²) in [7, 11) is 0. The third-order valence-corrected chi connectivity index (χ3v) is 0.354. The maximum atomic E-state index is 3.60. The SMILES string of the molecule is I.[CH2-]CCC.[Zn]. The minimum Gasteiger partial charge on any atom is -0.343 e. The van der Waals surface area contributed by atoms with Crippen molar-refractivity contribution < 1.29 is 19.5 Å². The van der Waals surface area contributed by atoms with Crippen molar-refractivity contribution >= 4 is 24.0 Å². The number of hydrogen-bond donors (Lipinski definition) is 0. The number of halogens is 1. The Bertz CT molecular complexity index is 9.51. The van der Waals surface area contributed by atoms with Crippen LogP contribution in [0.5, 0.6) is 0 Å². The summed E-state index contributed by atoms with van der Waals surface area (Å²) >= 11 is 0. The summed E-state index contributed by atoms with van der Waals surface area (Å²) in [6.45, 7) is 5.72. The van der Waals surface area contributed by atoms with Gasteiger partial charge in [0.25, 0.3) is 0 Å². The van der Waals surface area contributed by atoms with Crippen LogP contribution in [0.3, 0.4) is 0 Å². The Labute approximate surface area is 69.9 Å². The fraction of sp³-hybridized carbons (Fsp3) is 0.750. The van der Waals surface area contributed by atoms with Crippen molar-refractivity contribution in [2.75, 3.05) is 0 Å². The zero-order valence-electron chi connectivity index (χ0n) is 4.24. The predicted molar refractivity (Wildman–Crippen MR) is 35.7 cm³/mol. The molecule has 0 fully saturated rings. The molecule has 0 radical (unpaired) electrons. The number of rotatable bonds is 1. The summed E-state index contributed by atoms with van der Waals surface area (Å²) in [5.74, 6) is 0. The Morgan fingerprint density at radius 3 is 1.67 bits per heavy atom. The molecule has 0 aliphatic heterocycles. The first-order valence-electron chi connectivity index (χ1n) is 1.71. The Hall–Kier alpha value is 1.35. The van der Waals surface area contributed by atoms with Gasteiger partial charge in [0, 0.05) is 19.5 Å². The summed E-state index contributed by atoms with van der Waals surface area (Å²) < 4.78 is 0. The molecule has 0 saturated heterocycles. The van der Waals surface area contributed by atoms with Crippen molar-refractivity contribution in [2.45, 2.75) is 19.8 Å². The second-order valence-electron chi connectivity index (χ2n) is 0.854. The van der Waals surface area contributed by atoms with Crippen LogP contribution in [0.15, 0.2) is 0 Å². The van der Waals surface area contributed by atoms with Gasteiger partial charge in [-0.15, -0.1) is 24.0 Å². The monoisotopic (exact) mass is 249 g/mol. The zero-order valence-corrected chi connectivity index (χ0v) is 9.53. The van der Waals surface area contributed by atoms with Gasteiger partial charge >= 0.3 is 0 Å². The van der Waals surface area contributed by atoms with Crippen LogP contribution < -0.4 is 0 Å². The molecule has 0 atom stereocenters. The van der Waals surface area contributed by atoms with Gasteiger partial charge in [-0.1, -0.05) is 13.3 Å². The maximum absolute atomic E-state index is 3.60.